The van der Waals surface area contributed by atoms with Crippen LogP contribution in [0.25, 0.3) is 0 Å². The van der Waals surface area contributed by atoms with Gasteiger partial charge < -0.3 is 15.8 Å². The molecule has 1 aliphatic carbocycles. The van der Waals surface area contributed by atoms with E-state index in [1.165, 1.54) is 23.9 Å². The van der Waals surface area contributed by atoms with Gasteiger partial charge in [-0.3, -0.25) is 4.79 Å². The number of halogens is 1. The number of thioether (sulfide) groups is 1. The predicted molar refractivity (Wildman–Crippen MR) is 92.6 cm³/mol. The van der Waals surface area contributed by atoms with E-state index >= 15 is 0 Å². The van der Waals surface area contributed by atoms with Crippen molar-refractivity contribution in [2.24, 2.45) is 5.16 Å². The van der Waals surface area contributed by atoms with Gasteiger partial charge in [-0.25, -0.2) is 9.02 Å². The van der Waals surface area contributed by atoms with Crippen molar-refractivity contribution in [2.75, 3.05) is 12.3 Å². The molecule has 1 atom stereocenters. The third-order valence-corrected chi connectivity index (χ3v) is 4.85. The smallest absolute Gasteiger partial charge is 0.234 e. The summed E-state index contributed by atoms with van der Waals surface area (Å²) >= 11 is 1.24. The van der Waals surface area contributed by atoms with Gasteiger partial charge in [-0.1, -0.05) is 23.0 Å². The van der Waals surface area contributed by atoms with Gasteiger partial charge in [-0.15, -0.1) is 0 Å². The fourth-order valence-corrected chi connectivity index (χ4v) is 3.36. The molecule has 0 spiro atoms. The maximum absolute atomic E-state index is 13.4. The zero-order valence-electron chi connectivity index (χ0n) is 14.0. The quantitative estimate of drug-likeness (QED) is 0.161. The molecule has 140 valence electrons. The third kappa shape index (κ3) is 4.35. The van der Waals surface area contributed by atoms with Crippen LogP contribution in [0.15, 0.2) is 33.0 Å². The highest BCUT2D eigenvalue weighted by Gasteiger charge is 2.29. The van der Waals surface area contributed by atoms with E-state index in [4.69, 9.17) is 9.89 Å². The molecule has 0 radical (unpaired) electrons. The Morgan fingerprint density at radius 2 is 2.37 bits per heavy atom. The number of carbonyl (C=O) groups is 1. The fourth-order valence-electron chi connectivity index (χ4n) is 2.61. The number of amidine groups is 1. The highest BCUT2D eigenvalue weighted by Crippen LogP contribution is 2.34. The summed E-state index contributed by atoms with van der Waals surface area (Å²) in [6.45, 7) is 0.325. The number of aromatic nitrogens is 2. The second kappa shape index (κ2) is 8.50. The second-order valence-electron chi connectivity index (χ2n) is 5.64. The van der Waals surface area contributed by atoms with Crippen LogP contribution in [-0.4, -0.2) is 39.6 Å². The topological polar surface area (TPSA) is 136 Å². The van der Waals surface area contributed by atoms with Gasteiger partial charge in [0.15, 0.2) is 16.6 Å². The lowest BCUT2D eigenvalue weighted by Gasteiger charge is -2.31. The minimum atomic E-state index is -0.355. The molecule has 0 bridgehead atoms. The molecular weight excluding hydrogens is 375 g/mol. The highest BCUT2D eigenvalue weighted by atomic mass is 32.2. The van der Waals surface area contributed by atoms with Crippen LogP contribution in [0.5, 0.6) is 0 Å². The fraction of sp³-hybridized carbons (Fsp3) is 0.312. The molecule has 27 heavy (non-hydrogen) atoms. The number of nitriles is 1. The third-order valence-electron chi connectivity index (χ3n) is 3.90. The zero-order chi connectivity index (χ0) is 19.2. The lowest BCUT2D eigenvalue weighted by molar-refractivity contribution is -0.119. The predicted octanol–water partition coefficient (Wildman–Crippen LogP) is 1.35. The van der Waals surface area contributed by atoms with Crippen LogP contribution < -0.4 is 10.6 Å². The maximum Gasteiger partial charge on any atom is 0.234 e. The average Bonchev–Trinajstić information content (AvgIpc) is 3.10. The minimum absolute atomic E-state index is 0.0622. The first kappa shape index (κ1) is 18.7. The van der Waals surface area contributed by atoms with Gasteiger partial charge in [0.1, 0.15) is 12.2 Å². The van der Waals surface area contributed by atoms with E-state index in [1.807, 2.05) is 0 Å². The molecule has 1 aromatic carbocycles. The van der Waals surface area contributed by atoms with Crippen molar-refractivity contribution in [1.82, 2.24) is 20.9 Å². The number of nitrogens with zero attached hydrogens (tertiary/aromatic N) is 4. The van der Waals surface area contributed by atoms with Gasteiger partial charge in [-0.05, 0) is 40.0 Å². The van der Waals surface area contributed by atoms with Crippen molar-refractivity contribution >= 4 is 23.5 Å². The van der Waals surface area contributed by atoms with E-state index in [1.54, 1.807) is 12.1 Å². The number of hydrogen-bond acceptors (Lipinski definition) is 8. The summed E-state index contributed by atoms with van der Waals surface area (Å²) in [5.74, 6) is -0.173. The first-order chi connectivity index (χ1) is 13.1. The number of benzene rings is 1. The first-order valence-electron chi connectivity index (χ1n) is 7.98. The molecule has 3 N–H and O–H groups in total. The van der Waals surface area contributed by atoms with Gasteiger partial charge in [0.05, 0.1) is 12.1 Å². The second-order valence-corrected chi connectivity index (χ2v) is 6.73. The molecule has 1 aliphatic rings. The molecule has 0 saturated heterocycles. The Morgan fingerprint density at radius 3 is 3.15 bits per heavy atom. The number of hydrogen-bond donors (Lipinski definition) is 3. The van der Waals surface area contributed by atoms with Crippen LogP contribution in [0.2, 0.25) is 0 Å². The summed E-state index contributed by atoms with van der Waals surface area (Å²) in [5.41, 5.74) is 2.03. The lowest BCUT2D eigenvalue weighted by Crippen LogP contribution is -2.36. The van der Waals surface area contributed by atoms with Crippen molar-refractivity contribution in [3.63, 3.8) is 0 Å². The van der Waals surface area contributed by atoms with E-state index in [0.29, 0.717) is 23.7 Å². The number of rotatable bonds is 7. The number of fused-ring (bicyclic) bond motifs is 1. The Morgan fingerprint density at radius 1 is 1.52 bits per heavy atom. The summed E-state index contributed by atoms with van der Waals surface area (Å²) in [5, 5.41) is 34.5. The minimum Gasteiger partial charge on any atom is -0.409 e. The van der Waals surface area contributed by atoms with Crippen LogP contribution in [0.3, 0.4) is 0 Å². The molecule has 0 unspecified atom stereocenters. The van der Waals surface area contributed by atoms with Crippen LogP contribution in [0.4, 0.5) is 4.39 Å². The molecule has 1 heterocycles. The van der Waals surface area contributed by atoms with Gasteiger partial charge in [0.25, 0.3) is 0 Å². The number of amides is 1. The lowest BCUT2D eigenvalue weighted by atomic mass is 9.83. The molecule has 0 saturated carbocycles. The largest absolute Gasteiger partial charge is 0.409 e. The average molecular weight is 390 g/mol. The van der Waals surface area contributed by atoms with E-state index in [2.05, 4.69) is 26.1 Å². The first-order valence-corrected chi connectivity index (χ1v) is 8.97. The Hall–Kier alpha value is -3.13. The molecular formula is C16H15FN6O3S. The Balaban J connectivity index is 1.59. The van der Waals surface area contributed by atoms with Crippen LogP contribution in [-0.2, 0) is 11.2 Å². The van der Waals surface area contributed by atoms with Crippen molar-refractivity contribution in [3.05, 3.63) is 40.8 Å². The Labute approximate surface area is 157 Å². The SMILES string of the molecule is N#CCC(=O)NCCSc1nonc1/C(=N\O)N[C@H]1Cc2ccc(F)cc21. The van der Waals surface area contributed by atoms with E-state index < -0.39 is 0 Å². The molecule has 1 amide bonds. The Bertz CT molecular complexity index is 910. The molecule has 1 aromatic heterocycles. The number of oxime groups is 1. The van der Waals surface area contributed by atoms with E-state index in [-0.39, 0.29) is 35.7 Å². The molecule has 3 rings (SSSR count). The molecule has 2 aromatic rings. The van der Waals surface area contributed by atoms with Crippen molar-refractivity contribution < 1.29 is 19.0 Å². The van der Waals surface area contributed by atoms with Gasteiger partial charge in [-0.2, -0.15) is 5.26 Å². The highest BCUT2D eigenvalue weighted by molar-refractivity contribution is 7.99. The maximum atomic E-state index is 13.4. The van der Waals surface area contributed by atoms with E-state index in [0.717, 1.165) is 11.1 Å². The van der Waals surface area contributed by atoms with Crippen molar-refractivity contribution in [3.8, 4) is 6.07 Å². The van der Waals surface area contributed by atoms with Crippen molar-refractivity contribution in [2.45, 2.75) is 23.9 Å². The summed E-state index contributed by atoms with van der Waals surface area (Å²) in [7, 11) is 0. The van der Waals surface area contributed by atoms with Crippen LogP contribution in [0.1, 0.15) is 29.3 Å². The summed E-state index contributed by atoms with van der Waals surface area (Å²) in [6.07, 6.45) is 0.462. The summed E-state index contributed by atoms with van der Waals surface area (Å²) in [6, 6.07) is 6.12. The molecule has 0 fully saturated rings. The normalized spacial score (nSPS) is 15.4. The standard InChI is InChI=1S/C16H15FN6O3S/c17-10-2-1-9-7-12(11(9)8-10)20-15(21-25)14-16(23-26-22-14)27-6-5-19-13(24)3-4-18/h1-2,8,12,25H,3,5-7H2,(H,19,24)(H,20,21)/t12-/m0/s1. The van der Waals surface area contributed by atoms with Gasteiger partial charge in [0.2, 0.25) is 5.91 Å². The van der Waals surface area contributed by atoms with Gasteiger partial charge in [0, 0.05) is 12.3 Å². The Kier molecular flexibility index (Phi) is 5.87. The van der Waals surface area contributed by atoms with Gasteiger partial charge >= 0.3 is 0 Å². The summed E-state index contributed by atoms with van der Waals surface area (Å²) < 4.78 is 18.1. The zero-order valence-corrected chi connectivity index (χ0v) is 14.8. The van der Waals surface area contributed by atoms with Crippen LogP contribution >= 0.6 is 11.8 Å². The summed E-state index contributed by atoms with van der Waals surface area (Å²) in [4.78, 5) is 11.2. The number of carbonyl (C=O) groups excluding carboxylic acids is 1. The molecule has 11 heteroatoms. The molecule has 9 nitrogen and oxygen atoms in total. The van der Waals surface area contributed by atoms with Crippen LogP contribution in [0, 0.1) is 17.1 Å². The van der Waals surface area contributed by atoms with E-state index in [9.17, 15) is 14.4 Å². The molecule has 0 aliphatic heterocycles. The van der Waals surface area contributed by atoms with Crippen molar-refractivity contribution in [1.29, 1.82) is 5.26 Å². The number of nitrogens with one attached hydrogen (secondary N) is 2. The monoisotopic (exact) mass is 390 g/mol.